The second-order valence-corrected chi connectivity index (χ2v) is 8.29. The number of aromatic nitrogens is 3. The topological polar surface area (TPSA) is 52.4 Å². The predicted octanol–water partition coefficient (Wildman–Crippen LogP) is 3.54. The molecule has 0 saturated carbocycles. The highest BCUT2D eigenvalue weighted by Gasteiger charge is 2.21. The third-order valence-corrected chi connectivity index (χ3v) is 5.48. The fourth-order valence-corrected chi connectivity index (χ4v) is 3.07. The molecule has 1 aromatic heterocycles. The molecule has 6 nitrogen and oxygen atoms in total. The Morgan fingerprint density at radius 3 is 2.78 bits per heavy atom. The zero-order valence-electron chi connectivity index (χ0n) is 17.2. The average Bonchev–Trinajstić information content (AvgIpc) is 3.09. The summed E-state index contributed by atoms with van der Waals surface area (Å²) in [6, 6.07) is 6.15. The van der Waals surface area contributed by atoms with Crippen LogP contribution in [-0.2, 0) is 11.3 Å². The number of aryl methyl sites for hydroxylation is 1. The Labute approximate surface area is 162 Å². The lowest BCUT2D eigenvalue weighted by molar-refractivity contribution is 0.00370. The second-order valence-electron chi connectivity index (χ2n) is 8.29. The van der Waals surface area contributed by atoms with Gasteiger partial charge in [-0.1, -0.05) is 5.21 Å². The number of nitrogens with zero attached hydrogens (tertiary/aromatic N) is 4. The Hall–Kier alpha value is -1.92. The van der Waals surface area contributed by atoms with Gasteiger partial charge in [-0.2, -0.15) is 0 Å². The van der Waals surface area contributed by atoms with E-state index in [1.165, 1.54) is 12.8 Å². The Morgan fingerprint density at radius 1 is 1.30 bits per heavy atom. The van der Waals surface area contributed by atoms with E-state index in [2.05, 4.69) is 62.2 Å². The van der Waals surface area contributed by atoms with Crippen molar-refractivity contribution in [2.24, 2.45) is 0 Å². The van der Waals surface area contributed by atoms with Gasteiger partial charge >= 0.3 is 0 Å². The molecule has 0 spiro atoms. The summed E-state index contributed by atoms with van der Waals surface area (Å²) in [6.07, 6.45) is 5.76. The molecule has 0 amide bonds. The number of hydrogen-bond donors (Lipinski definition) is 0. The number of benzene rings is 1. The summed E-state index contributed by atoms with van der Waals surface area (Å²) in [5.74, 6) is 0.883. The molecule has 1 aliphatic rings. The monoisotopic (exact) mass is 372 g/mol. The van der Waals surface area contributed by atoms with Crippen molar-refractivity contribution in [1.29, 1.82) is 0 Å². The van der Waals surface area contributed by atoms with Crippen molar-refractivity contribution < 1.29 is 9.47 Å². The molecule has 0 aliphatic carbocycles. The fourth-order valence-electron chi connectivity index (χ4n) is 3.07. The molecule has 1 atom stereocenters. The van der Waals surface area contributed by atoms with Crippen LogP contribution in [0.4, 0.5) is 0 Å². The summed E-state index contributed by atoms with van der Waals surface area (Å²) in [4.78, 5) is 2.17. The van der Waals surface area contributed by atoms with Crippen molar-refractivity contribution in [3.8, 4) is 17.0 Å². The fraction of sp³-hybridized carbons (Fsp3) is 0.619. The summed E-state index contributed by atoms with van der Waals surface area (Å²) in [7, 11) is 4.14. The highest BCUT2D eigenvalue weighted by Crippen LogP contribution is 2.26. The molecule has 0 N–H and O–H groups in total. The van der Waals surface area contributed by atoms with Gasteiger partial charge in [-0.15, -0.1) is 5.10 Å². The van der Waals surface area contributed by atoms with Gasteiger partial charge < -0.3 is 14.4 Å². The molecule has 1 saturated heterocycles. The summed E-state index contributed by atoms with van der Waals surface area (Å²) in [6.45, 7) is 8.69. The molecule has 2 heterocycles. The number of rotatable bonds is 7. The van der Waals surface area contributed by atoms with Crippen LogP contribution in [0.15, 0.2) is 24.4 Å². The zero-order chi connectivity index (χ0) is 19.4. The molecular formula is C21H32N4O2. The minimum atomic E-state index is -0.0174. The Bertz CT molecular complexity index is 748. The second kappa shape index (κ2) is 8.40. The first kappa shape index (κ1) is 19.8. The Morgan fingerprint density at radius 2 is 2.11 bits per heavy atom. The molecule has 1 aromatic carbocycles. The maximum atomic E-state index is 6.01. The largest absolute Gasteiger partial charge is 0.492 e. The van der Waals surface area contributed by atoms with Crippen LogP contribution in [0.2, 0.25) is 0 Å². The van der Waals surface area contributed by atoms with E-state index in [0.29, 0.717) is 6.61 Å². The van der Waals surface area contributed by atoms with E-state index in [1.54, 1.807) is 0 Å². The van der Waals surface area contributed by atoms with Gasteiger partial charge in [0.15, 0.2) is 0 Å². The van der Waals surface area contributed by atoms with Crippen LogP contribution in [-0.4, -0.2) is 58.8 Å². The summed E-state index contributed by atoms with van der Waals surface area (Å²) < 4.78 is 13.7. The molecule has 27 heavy (non-hydrogen) atoms. The van der Waals surface area contributed by atoms with E-state index < -0.39 is 0 Å². The molecule has 1 fully saturated rings. The third-order valence-electron chi connectivity index (χ3n) is 5.48. The molecule has 3 rings (SSSR count). The Balaban J connectivity index is 1.65. The molecule has 148 valence electrons. The quantitative estimate of drug-likeness (QED) is 0.744. The molecule has 0 unspecified atom stereocenters. The summed E-state index contributed by atoms with van der Waals surface area (Å²) in [5.41, 5.74) is 3.10. The number of hydrogen-bond acceptors (Lipinski definition) is 5. The smallest absolute Gasteiger partial charge is 0.119 e. The standard InChI is InChI=1S/C21H32N4O2/c1-16-12-17(27-15-21(2,3)24(4)5)9-10-19(16)20-14-25(23-22-20)13-18-8-6-7-11-26-18/h9-10,12,14,18H,6-8,11,13,15H2,1-5H3/t18-/m1/s1. The first-order chi connectivity index (χ1) is 12.8. The van der Waals surface area contributed by atoms with E-state index in [1.807, 2.05) is 16.9 Å². The van der Waals surface area contributed by atoms with Crippen LogP contribution in [0, 0.1) is 6.92 Å². The zero-order valence-corrected chi connectivity index (χ0v) is 17.2. The van der Waals surface area contributed by atoms with Crippen molar-refractivity contribution in [3.63, 3.8) is 0 Å². The van der Waals surface area contributed by atoms with Crippen molar-refractivity contribution in [2.45, 2.75) is 58.2 Å². The highest BCUT2D eigenvalue weighted by atomic mass is 16.5. The van der Waals surface area contributed by atoms with Gasteiger partial charge in [0.25, 0.3) is 0 Å². The number of likely N-dealkylation sites (N-methyl/N-ethyl adjacent to an activating group) is 1. The van der Waals surface area contributed by atoms with Gasteiger partial charge in [-0.05, 0) is 77.9 Å². The van der Waals surface area contributed by atoms with Gasteiger partial charge in [-0.3, -0.25) is 0 Å². The lowest BCUT2D eigenvalue weighted by Crippen LogP contribution is -2.43. The minimum absolute atomic E-state index is 0.0174. The first-order valence-electron chi connectivity index (χ1n) is 9.78. The lowest BCUT2D eigenvalue weighted by Gasteiger charge is -2.32. The van der Waals surface area contributed by atoms with Crippen LogP contribution in [0.1, 0.15) is 38.7 Å². The van der Waals surface area contributed by atoms with Gasteiger partial charge in [0.05, 0.1) is 18.8 Å². The van der Waals surface area contributed by atoms with Gasteiger partial charge in [0, 0.05) is 17.7 Å². The molecule has 0 bridgehead atoms. The van der Waals surface area contributed by atoms with E-state index in [9.17, 15) is 0 Å². The van der Waals surface area contributed by atoms with Crippen LogP contribution >= 0.6 is 0 Å². The van der Waals surface area contributed by atoms with Crippen molar-refractivity contribution in [3.05, 3.63) is 30.0 Å². The molecule has 2 aromatic rings. The first-order valence-corrected chi connectivity index (χ1v) is 9.78. The van der Waals surface area contributed by atoms with Crippen molar-refractivity contribution >= 4 is 0 Å². The summed E-state index contributed by atoms with van der Waals surface area (Å²) in [5, 5.41) is 8.65. The molecule has 6 heteroatoms. The molecule has 0 radical (unpaired) electrons. The van der Waals surface area contributed by atoms with Crippen LogP contribution in [0.3, 0.4) is 0 Å². The van der Waals surface area contributed by atoms with Crippen molar-refractivity contribution in [1.82, 2.24) is 19.9 Å². The summed E-state index contributed by atoms with van der Waals surface area (Å²) >= 11 is 0. The van der Waals surface area contributed by atoms with Gasteiger partial charge in [0.1, 0.15) is 18.1 Å². The van der Waals surface area contributed by atoms with E-state index >= 15 is 0 Å². The highest BCUT2D eigenvalue weighted by molar-refractivity contribution is 5.63. The third kappa shape index (κ3) is 5.08. The van der Waals surface area contributed by atoms with Crippen LogP contribution < -0.4 is 4.74 Å². The van der Waals surface area contributed by atoms with Gasteiger partial charge in [0.2, 0.25) is 0 Å². The van der Waals surface area contributed by atoms with E-state index in [0.717, 1.165) is 42.1 Å². The molecular weight excluding hydrogens is 340 g/mol. The average molecular weight is 373 g/mol. The van der Waals surface area contributed by atoms with Gasteiger partial charge in [-0.25, -0.2) is 4.68 Å². The number of ether oxygens (including phenoxy) is 2. The van der Waals surface area contributed by atoms with E-state index in [-0.39, 0.29) is 11.6 Å². The Kier molecular flexibility index (Phi) is 6.17. The van der Waals surface area contributed by atoms with Crippen LogP contribution in [0.25, 0.3) is 11.3 Å². The van der Waals surface area contributed by atoms with Crippen molar-refractivity contribution in [2.75, 3.05) is 27.3 Å². The normalized spacial score (nSPS) is 18.1. The SMILES string of the molecule is Cc1cc(OCC(C)(C)N(C)C)ccc1-c1cn(C[C@H]2CCCCO2)nn1. The maximum Gasteiger partial charge on any atom is 0.119 e. The van der Waals surface area contributed by atoms with Crippen LogP contribution in [0.5, 0.6) is 5.75 Å². The lowest BCUT2D eigenvalue weighted by atomic mass is 10.0. The molecule has 1 aliphatic heterocycles. The van der Waals surface area contributed by atoms with E-state index in [4.69, 9.17) is 9.47 Å². The maximum absolute atomic E-state index is 6.01. The minimum Gasteiger partial charge on any atom is -0.492 e. The predicted molar refractivity (Wildman–Crippen MR) is 107 cm³/mol.